The van der Waals surface area contributed by atoms with Crippen LogP contribution < -0.4 is 0 Å². The Hall–Kier alpha value is -0.300. The van der Waals surface area contributed by atoms with Crippen LogP contribution >= 0.6 is 0 Å². The fourth-order valence-electron chi connectivity index (χ4n) is 2.67. The highest BCUT2D eigenvalue weighted by Gasteiger charge is 1.94. The van der Waals surface area contributed by atoms with Crippen molar-refractivity contribution in [2.75, 3.05) is 6.61 Å². The van der Waals surface area contributed by atoms with Crippen molar-refractivity contribution in [2.45, 2.75) is 117 Å². The predicted octanol–water partition coefficient (Wildman–Crippen LogP) is 7.45. The molecule has 0 radical (unpaired) electrons. The molecule has 0 atom stereocenters. The first kappa shape index (κ1) is 21.7. The quantitative estimate of drug-likeness (QED) is 0.200. The molecule has 0 N–H and O–H groups in total. The van der Waals surface area contributed by atoms with Crippen LogP contribution in [0.2, 0.25) is 0 Å². The Morgan fingerprint density at radius 1 is 0.636 bits per heavy atom. The summed E-state index contributed by atoms with van der Waals surface area (Å²) < 4.78 is 5.55. The van der Waals surface area contributed by atoms with E-state index in [1.54, 1.807) is 0 Å². The van der Waals surface area contributed by atoms with Crippen molar-refractivity contribution in [3.63, 3.8) is 0 Å². The molecular formula is C21H42O. The Labute approximate surface area is 140 Å². The Morgan fingerprint density at radius 2 is 1.09 bits per heavy atom. The normalized spacial score (nSPS) is 11.8. The van der Waals surface area contributed by atoms with Crippen molar-refractivity contribution in [1.82, 2.24) is 0 Å². The van der Waals surface area contributed by atoms with Gasteiger partial charge in [-0.2, -0.15) is 0 Å². The standard InChI is InChI=1S/C21H42O/c1-4-5-6-7-8-9-10-11-12-13-14-15-16-17-18-19-20-22-21(2)3/h11-12,21H,4-10,13-20H2,1-3H3/b12-11+. The van der Waals surface area contributed by atoms with Crippen molar-refractivity contribution < 1.29 is 4.74 Å². The maximum atomic E-state index is 5.55. The van der Waals surface area contributed by atoms with E-state index in [9.17, 15) is 0 Å². The zero-order chi connectivity index (χ0) is 16.3. The minimum Gasteiger partial charge on any atom is -0.379 e. The van der Waals surface area contributed by atoms with Gasteiger partial charge in [-0.05, 0) is 46.0 Å². The van der Waals surface area contributed by atoms with E-state index in [4.69, 9.17) is 4.74 Å². The molecule has 0 heterocycles. The fourth-order valence-corrected chi connectivity index (χ4v) is 2.67. The Bertz CT molecular complexity index is 220. The molecule has 132 valence electrons. The van der Waals surface area contributed by atoms with Gasteiger partial charge in [0.05, 0.1) is 6.10 Å². The van der Waals surface area contributed by atoms with Gasteiger partial charge in [0.25, 0.3) is 0 Å². The van der Waals surface area contributed by atoms with E-state index < -0.39 is 0 Å². The van der Waals surface area contributed by atoms with E-state index in [0.29, 0.717) is 6.10 Å². The Balaban J connectivity index is 3.05. The summed E-state index contributed by atoms with van der Waals surface area (Å²) in [6, 6.07) is 0. The monoisotopic (exact) mass is 310 g/mol. The molecule has 0 fully saturated rings. The SMILES string of the molecule is CCCCCCCC/C=C/CCCCCCCCOC(C)C. The summed E-state index contributed by atoms with van der Waals surface area (Å²) >= 11 is 0. The van der Waals surface area contributed by atoms with Gasteiger partial charge in [0.2, 0.25) is 0 Å². The van der Waals surface area contributed by atoms with Crippen molar-refractivity contribution in [3.05, 3.63) is 12.2 Å². The number of unbranched alkanes of at least 4 members (excludes halogenated alkanes) is 12. The van der Waals surface area contributed by atoms with Crippen LogP contribution in [0.4, 0.5) is 0 Å². The molecule has 0 saturated carbocycles. The van der Waals surface area contributed by atoms with Crippen LogP contribution in [0, 0.1) is 0 Å². The first-order valence-electron chi connectivity index (χ1n) is 10.0. The van der Waals surface area contributed by atoms with Gasteiger partial charge >= 0.3 is 0 Å². The average molecular weight is 311 g/mol. The van der Waals surface area contributed by atoms with Crippen LogP contribution in [0.25, 0.3) is 0 Å². The number of allylic oxidation sites excluding steroid dienone is 2. The first-order chi connectivity index (χ1) is 10.8. The molecule has 0 amide bonds. The summed E-state index contributed by atoms with van der Waals surface area (Å²) in [6.45, 7) is 7.45. The first-order valence-corrected chi connectivity index (χ1v) is 10.0. The molecular weight excluding hydrogens is 268 g/mol. The molecule has 0 spiro atoms. The largest absolute Gasteiger partial charge is 0.379 e. The molecule has 0 unspecified atom stereocenters. The average Bonchev–Trinajstić information content (AvgIpc) is 2.50. The van der Waals surface area contributed by atoms with E-state index in [1.807, 2.05) is 0 Å². The van der Waals surface area contributed by atoms with E-state index in [-0.39, 0.29) is 0 Å². The van der Waals surface area contributed by atoms with E-state index in [2.05, 4.69) is 32.9 Å². The fraction of sp³-hybridized carbons (Fsp3) is 0.905. The van der Waals surface area contributed by atoms with Crippen molar-refractivity contribution in [2.24, 2.45) is 0 Å². The van der Waals surface area contributed by atoms with E-state index >= 15 is 0 Å². The third kappa shape index (κ3) is 19.7. The lowest BCUT2D eigenvalue weighted by molar-refractivity contribution is 0.0757. The van der Waals surface area contributed by atoms with Crippen LogP contribution in [-0.4, -0.2) is 12.7 Å². The highest BCUT2D eigenvalue weighted by molar-refractivity contribution is 4.81. The van der Waals surface area contributed by atoms with Crippen LogP contribution in [0.1, 0.15) is 111 Å². The highest BCUT2D eigenvalue weighted by Crippen LogP contribution is 2.10. The number of ether oxygens (including phenoxy) is 1. The second-order valence-electron chi connectivity index (χ2n) is 6.86. The van der Waals surface area contributed by atoms with E-state index in [0.717, 1.165) is 6.61 Å². The molecule has 0 aromatic carbocycles. The minimum absolute atomic E-state index is 0.392. The smallest absolute Gasteiger partial charge is 0.0518 e. The third-order valence-electron chi connectivity index (χ3n) is 4.11. The molecule has 0 aliphatic carbocycles. The summed E-state index contributed by atoms with van der Waals surface area (Å²) in [5, 5.41) is 0. The summed E-state index contributed by atoms with van der Waals surface area (Å²) in [6.07, 6.45) is 24.3. The van der Waals surface area contributed by atoms with Gasteiger partial charge in [0, 0.05) is 6.61 Å². The van der Waals surface area contributed by atoms with Crippen LogP contribution in [0.15, 0.2) is 12.2 Å². The molecule has 0 rings (SSSR count). The lowest BCUT2D eigenvalue weighted by Gasteiger charge is -2.06. The van der Waals surface area contributed by atoms with Crippen molar-refractivity contribution in [3.8, 4) is 0 Å². The summed E-state index contributed by atoms with van der Waals surface area (Å²) in [5.41, 5.74) is 0. The van der Waals surface area contributed by atoms with Gasteiger partial charge in [-0.15, -0.1) is 0 Å². The molecule has 22 heavy (non-hydrogen) atoms. The molecule has 0 aromatic rings. The van der Waals surface area contributed by atoms with Gasteiger partial charge in [-0.25, -0.2) is 0 Å². The van der Waals surface area contributed by atoms with Crippen LogP contribution in [0.3, 0.4) is 0 Å². The van der Waals surface area contributed by atoms with Gasteiger partial charge in [-0.3, -0.25) is 0 Å². The molecule has 0 aliphatic rings. The third-order valence-corrected chi connectivity index (χ3v) is 4.11. The maximum absolute atomic E-state index is 5.55. The summed E-state index contributed by atoms with van der Waals surface area (Å²) in [4.78, 5) is 0. The Morgan fingerprint density at radius 3 is 1.59 bits per heavy atom. The van der Waals surface area contributed by atoms with Gasteiger partial charge in [0.15, 0.2) is 0 Å². The number of hydrogen-bond acceptors (Lipinski definition) is 1. The molecule has 1 nitrogen and oxygen atoms in total. The Kier molecular flexibility index (Phi) is 18.5. The molecule has 0 bridgehead atoms. The minimum atomic E-state index is 0.392. The van der Waals surface area contributed by atoms with Crippen LogP contribution in [0.5, 0.6) is 0 Å². The van der Waals surface area contributed by atoms with Crippen molar-refractivity contribution in [1.29, 1.82) is 0 Å². The van der Waals surface area contributed by atoms with Gasteiger partial charge < -0.3 is 4.74 Å². The predicted molar refractivity (Wildman–Crippen MR) is 101 cm³/mol. The molecule has 0 aromatic heterocycles. The number of rotatable bonds is 17. The maximum Gasteiger partial charge on any atom is 0.0518 e. The second-order valence-corrected chi connectivity index (χ2v) is 6.86. The molecule has 0 saturated heterocycles. The van der Waals surface area contributed by atoms with Crippen LogP contribution in [-0.2, 0) is 4.74 Å². The summed E-state index contributed by atoms with van der Waals surface area (Å²) in [7, 11) is 0. The van der Waals surface area contributed by atoms with Gasteiger partial charge in [-0.1, -0.05) is 76.9 Å². The van der Waals surface area contributed by atoms with Gasteiger partial charge in [0.1, 0.15) is 0 Å². The highest BCUT2D eigenvalue weighted by atomic mass is 16.5. The second kappa shape index (κ2) is 18.7. The zero-order valence-electron chi connectivity index (χ0n) is 15.7. The summed E-state index contributed by atoms with van der Waals surface area (Å²) in [5.74, 6) is 0. The number of hydrogen-bond donors (Lipinski definition) is 0. The topological polar surface area (TPSA) is 9.23 Å². The molecule has 0 aliphatic heterocycles. The lowest BCUT2D eigenvalue weighted by Crippen LogP contribution is -2.03. The lowest BCUT2D eigenvalue weighted by atomic mass is 10.1. The van der Waals surface area contributed by atoms with Crippen molar-refractivity contribution >= 4 is 0 Å². The zero-order valence-corrected chi connectivity index (χ0v) is 15.7. The molecule has 1 heteroatoms. The van der Waals surface area contributed by atoms with E-state index in [1.165, 1.54) is 89.9 Å².